The smallest absolute Gasteiger partial charge is 0.191 e. The number of rotatable bonds is 11. The van der Waals surface area contributed by atoms with Gasteiger partial charge in [0, 0.05) is 39.8 Å². The number of benzene rings is 1. The molecule has 1 aromatic carbocycles. The van der Waals surface area contributed by atoms with E-state index in [4.69, 9.17) is 4.74 Å². The van der Waals surface area contributed by atoms with Gasteiger partial charge in [0.15, 0.2) is 5.96 Å². The first-order chi connectivity index (χ1) is 11.3. The van der Waals surface area contributed by atoms with E-state index in [0.29, 0.717) is 0 Å². The van der Waals surface area contributed by atoms with E-state index in [1.807, 2.05) is 0 Å². The van der Waals surface area contributed by atoms with Crippen LogP contribution in [0.5, 0.6) is 0 Å². The van der Waals surface area contributed by atoms with E-state index in [9.17, 15) is 0 Å². The molecule has 0 aromatic heterocycles. The monoisotopic (exact) mass is 320 g/mol. The van der Waals surface area contributed by atoms with Gasteiger partial charge in [-0.1, -0.05) is 30.3 Å². The lowest BCUT2D eigenvalue weighted by molar-refractivity contribution is 0.162. The Bertz CT molecular complexity index is 422. The molecule has 0 atom stereocenters. The Morgan fingerprint density at radius 3 is 2.65 bits per heavy atom. The molecule has 0 bridgehead atoms. The van der Waals surface area contributed by atoms with Crippen LogP contribution in [0.4, 0.5) is 0 Å². The number of methoxy groups -OCH3 is 1. The van der Waals surface area contributed by atoms with Crippen molar-refractivity contribution in [2.24, 2.45) is 4.99 Å². The van der Waals surface area contributed by atoms with E-state index in [1.54, 1.807) is 7.11 Å². The van der Waals surface area contributed by atoms with Gasteiger partial charge < -0.3 is 20.3 Å². The average molecular weight is 320 g/mol. The lowest BCUT2D eigenvalue weighted by Crippen LogP contribution is -2.41. The van der Waals surface area contributed by atoms with Gasteiger partial charge in [-0.3, -0.25) is 4.99 Å². The third-order valence-corrected chi connectivity index (χ3v) is 3.54. The molecule has 0 heterocycles. The Morgan fingerprint density at radius 2 is 1.96 bits per heavy atom. The van der Waals surface area contributed by atoms with E-state index in [2.05, 4.69) is 64.8 Å². The van der Waals surface area contributed by atoms with Gasteiger partial charge in [-0.15, -0.1) is 0 Å². The zero-order valence-corrected chi connectivity index (χ0v) is 14.8. The molecule has 0 amide bonds. The number of guanidine groups is 1. The van der Waals surface area contributed by atoms with Crippen LogP contribution >= 0.6 is 0 Å². The first-order valence-corrected chi connectivity index (χ1v) is 8.49. The van der Waals surface area contributed by atoms with Gasteiger partial charge in [0.25, 0.3) is 0 Å². The zero-order valence-electron chi connectivity index (χ0n) is 14.8. The minimum Gasteiger partial charge on any atom is -0.383 e. The number of ether oxygens (including phenoxy) is 1. The molecule has 0 unspecified atom stereocenters. The molecule has 130 valence electrons. The van der Waals surface area contributed by atoms with E-state index < -0.39 is 0 Å². The molecule has 23 heavy (non-hydrogen) atoms. The van der Waals surface area contributed by atoms with Crippen LogP contribution in [0.2, 0.25) is 0 Å². The summed E-state index contributed by atoms with van der Waals surface area (Å²) in [4.78, 5) is 6.88. The van der Waals surface area contributed by atoms with Gasteiger partial charge in [0.1, 0.15) is 0 Å². The highest BCUT2D eigenvalue weighted by Gasteiger charge is 2.00. The van der Waals surface area contributed by atoms with E-state index in [1.165, 1.54) is 5.56 Å². The maximum absolute atomic E-state index is 5.08. The molecule has 0 spiro atoms. The maximum atomic E-state index is 5.08. The van der Waals surface area contributed by atoms with Crippen molar-refractivity contribution < 1.29 is 4.74 Å². The highest BCUT2D eigenvalue weighted by atomic mass is 16.5. The Morgan fingerprint density at radius 1 is 1.17 bits per heavy atom. The predicted molar refractivity (Wildman–Crippen MR) is 98.1 cm³/mol. The Balaban J connectivity index is 2.24. The van der Waals surface area contributed by atoms with Crippen molar-refractivity contribution in [2.45, 2.75) is 19.8 Å². The summed E-state index contributed by atoms with van der Waals surface area (Å²) in [5.74, 6) is 0.903. The fourth-order valence-corrected chi connectivity index (χ4v) is 2.18. The van der Waals surface area contributed by atoms with Crippen LogP contribution < -0.4 is 10.6 Å². The summed E-state index contributed by atoms with van der Waals surface area (Å²) in [6.45, 7) is 7.37. The highest BCUT2D eigenvalue weighted by molar-refractivity contribution is 5.79. The van der Waals surface area contributed by atoms with Crippen molar-refractivity contribution in [1.29, 1.82) is 0 Å². The fraction of sp³-hybridized carbons (Fsp3) is 0.611. The molecule has 0 aliphatic carbocycles. The summed E-state index contributed by atoms with van der Waals surface area (Å²) >= 11 is 0. The standard InChI is InChI=1S/C18H32N4O/c1-4-19-18(21-13-14-22(2)15-16-23-3)20-12-8-11-17-9-6-5-7-10-17/h5-7,9-10H,4,8,11-16H2,1-3H3,(H2,19,20,21). The summed E-state index contributed by atoms with van der Waals surface area (Å²) in [7, 11) is 3.84. The third kappa shape index (κ3) is 9.92. The molecule has 0 saturated heterocycles. The minimum absolute atomic E-state index is 0.768. The van der Waals surface area contributed by atoms with Crippen LogP contribution in [-0.2, 0) is 11.2 Å². The molecule has 1 aromatic rings. The highest BCUT2D eigenvalue weighted by Crippen LogP contribution is 2.02. The molecule has 2 N–H and O–H groups in total. The summed E-state index contributed by atoms with van der Waals surface area (Å²) in [5.41, 5.74) is 1.38. The van der Waals surface area contributed by atoms with Crippen LogP contribution in [0.1, 0.15) is 18.9 Å². The first-order valence-electron chi connectivity index (χ1n) is 8.49. The maximum Gasteiger partial charge on any atom is 0.191 e. The number of nitrogens with zero attached hydrogens (tertiary/aromatic N) is 2. The van der Waals surface area contributed by atoms with Gasteiger partial charge in [-0.25, -0.2) is 0 Å². The Hall–Kier alpha value is -1.59. The third-order valence-electron chi connectivity index (χ3n) is 3.54. The van der Waals surface area contributed by atoms with E-state index in [-0.39, 0.29) is 0 Å². The molecular weight excluding hydrogens is 288 g/mol. The van der Waals surface area contributed by atoms with Crippen LogP contribution in [0.3, 0.4) is 0 Å². The molecule has 1 rings (SSSR count). The van der Waals surface area contributed by atoms with Crippen molar-refractivity contribution in [3.63, 3.8) is 0 Å². The number of likely N-dealkylation sites (N-methyl/N-ethyl adjacent to an activating group) is 1. The number of hydrogen-bond acceptors (Lipinski definition) is 3. The predicted octanol–water partition coefficient (Wildman–Crippen LogP) is 1.75. The number of nitrogens with one attached hydrogen (secondary N) is 2. The number of aryl methyl sites for hydroxylation is 1. The van der Waals surface area contributed by atoms with Crippen LogP contribution in [0, 0.1) is 0 Å². The lowest BCUT2D eigenvalue weighted by atomic mass is 10.1. The van der Waals surface area contributed by atoms with Crippen molar-refractivity contribution >= 4 is 5.96 Å². The van der Waals surface area contributed by atoms with Gasteiger partial charge in [0.05, 0.1) is 6.61 Å². The molecule has 5 nitrogen and oxygen atoms in total. The second kappa shape index (κ2) is 12.9. The van der Waals surface area contributed by atoms with Crippen molar-refractivity contribution in [1.82, 2.24) is 15.5 Å². The first kappa shape index (κ1) is 19.5. The molecule has 0 fully saturated rings. The summed E-state index contributed by atoms with van der Waals surface area (Å²) < 4.78 is 5.08. The summed E-state index contributed by atoms with van der Waals surface area (Å²) in [6.07, 6.45) is 2.14. The molecule has 0 aliphatic heterocycles. The van der Waals surface area contributed by atoms with Gasteiger partial charge in [-0.2, -0.15) is 0 Å². The fourth-order valence-electron chi connectivity index (χ4n) is 2.18. The number of aliphatic imine (C=N–C) groups is 1. The molecule has 0 saturated carbocycles. The molecule has 0 aliphatic rings. The Kier molecular flexibility index (Phi) is 10.9. The summed E-state index contributed by atoms with van der Waals surface area (Å²) in [5, 5.41) is 6.68. The van der Waals surface area contributed by atoms with Crippen LogP contribution in [-0.4, -0.2) is 64.3 Å². The van der Waals surface area contributed by atoms with Gasteiger partial charge in [0.2, 0.25) is 0 Å². The minimum atomic E-state index is 0.768. The van der Waals surface area contributed by atoms with Gasteiger partial charge in [-0.05, 0) is 32.4 Å². The summed E-state index contributed by atoms with van der Waals surface area (Å²) in [6, 6.07) is 10.6. The van der Waals surface area contributed by atoms with E-state index in [0.717, 1.165) is 58.1 Å². The molecular formula is C18H32N4O. The largest absolute Gasteiger partial charge is 0.383 e. The van der Waals surface area contributed by atoms with E-state index >= 15 is 0 Å². The SMILES string of the molecule is CCNC(=NCCCc1ccccc1)NCCN(C)CCOC. The normalized spacial score (nSPS) is 11.7. The second-order valence-corrected chi connectivity index (χ2v) is 5.57. The quantitative estimate of drug-likeness (QED) is 0.370. The van der Waals surface area contributed by atoms with Crippen molar-refractivity contribution in [2.75, 3.05) is 53.5 Å². The van der Waals surface area contributed by atoms with Crippen molar-refractivity contribution in [3.05, 3.63) is 35.9 Å². The molecule has 0 radical (unpaired) electrons. The lowest BCUT2D eigenvalue weighted by Gasteiger charge is -2.17. The van der Waals surface area contributed by atoms with Crippen LogP contribution in [0.25, 0.3) is 0 Å². The van der Waals surface area contributed by atoms with Crippen LogP contribution in [0.15, 0.2) is 35.3 Å². The molecule has 5 heteroatoms. The average Bonchev–Trinajstić information content (AvgIpc) is 2.57. The van der Waals surface area contributed by atoms with Gasteiger partial charge >= 0.3 is 0 Å². The zero-order chi connectivity index (χ0) is 16.8. The van der Waals surface area contributed by atoms with Crippen molar-refractivity contribution in [3.8, 4) is 0 Å². The number of hydrogen-bond donors (Lipinski definition) is 2. The topological polar surface area (TPSA) is 48.9 Å². The Labute approximate surface area is 141 Å². The second-order valence-electron chi connectivity index (χ2n) is 5.57.